The van der Waals surface area contributed by atoms with Crippen LogP contribution in [0, 0.1) is 38.5 Å². The van der Waals surface area contributed by atoms with E-state index in [4.69, 9.17) is 5.84 Å². The van der Waals surface area contributed by atoms with Gasteiger partial charge in [-0.2, -0.15) is 0 Å². The van der Waals surface area contributed by atoms with Crippen LogP contribution in [0.1, 0.15) is 47.6 Å². The van der Waals surface area contributed by atoms with Gasteiger partial charge in [-0.3, -0.25) is 11.3 Å². The molecule has 0 bridgehead atoms. The zero-order valence-electron chi connectivity index (χ0n) is 11.7. The van der Waals surface area contributed by atoms with Gasteiger partial charge in [0.1, 0.15) is 0 Å². The molecular weight excluding hydrogens is 220 g/mol. The van der Waals surface area contributed by atoms with Gasteiger partial charge < -0.3 is 0 Å². The second kappa shape index (κ2) is 4.36. The summed E-state index contributed by atoms with van der Waals surface area (Å²) in [5, 5.41) is 0. The summed E-state index contributed by atoms with van der Waals surface area (Å²) in [6.45, 7) is 6.58. The lowest BCUT2D eigenvalue weighted by Crippen LogP contribution is -2.33. The first-order chi connectivity index (χ1) is 8.60. The molecule has 1 aromatic carbocycles. The Kier molecular flexibility index (Phi) is 2.95. The molecule has 2 aliphatic rings. The third-order valence-electron chi connectivity index (χ3n) is 5.15. The predicted molar refractivity (Wildman–Crippen MR) is 75.0 cm³/mol. The Morgan fingerprint density at radius 3 is 2.22 bits per heavy atom. The highest BCUT2D eigenvalue weighted by Gasteiger charge is 2.48. The molecule has 2 heteroatoms. The molecule has 2 nitrogen and oxygen atoms in total. The second-order valence-corrected chi connectivity index (χ2v) is 6.42. The highest BCUT2D eigenvalue weighted by atomic mass is 15.2. The fraction of sp³-hybridized carbons (Fsp3) is 0.625. The molecule has 3 unspecified atom stereocenters. The van der Waals surface area contributed by atoms with Gasteiger partial charge in [-0.15, -0.1) is 0 Å². The maximum Gasteiger partial charge on any atom is 0.0491 e. The molecule has 98 valence electrons. The first-order valence-electron chi connectivity index (χ1n) is 7.14. The zero-order valence-corrected chi connectivity index (χ0v) is 11.7. The van der Waals surface area contributed by atoms with Crippen molar-refractivity contribution in [2.75, 3.05) is 0 Å². The summed E-state index contributed by atoms with van der Waals surface area (Å²) in [6, 6.07) is 4.97. The predicted octanol–water partition coefficient (Wildman–Crippen LogP) is 3.16. The Hall–Kier alpha value is -0.860. The van der Waals surface area contributed by atoms with E-state index in [9.17, 15) is 0 Å². The van der Waals surface area contributed by atoms with Crippen LogP contribution in [-0.2, 0) is 0 Å². The normalized spacial score (nSPS) is 31.2. The van der Waals surface area contributed by atoms with Crippen molar-refractivity contribution in [3.05, 3.63) is 34.4 Å². The van der Waals surface area contributed by atoms with E-state index in [1.165, 1.54) is 41.5 Å². The Labute approximate surface area is 110 Å². The monoisotopic (exact) mass is 244 g/mol. The van der Waals surface area contributed by atoms with Crippen LogP contribution in [0.2, 0.25) is 0 Å². The highest BCUT2D eigenvalue weighted by molar-refractivity contribution is 5.38. The molecule has 0 saturated heterocycles. The van der Waals surface area contributed by atoms with E-state index in [-0.39, 0.29) is 0 Å². The summed E-state index contributed by atoms with van der Waals surface area (Å²) in [6.07, 6.45) is 4.21. The molecule has 3 atom stereocenters. The van der Waals surface area contributed by atoms with Gasteiger partial charge in [0, 0.05) is 6.04 Å². The van der Waals surface area contributed by atoms with Gasteiger partial charge in [0.25, 0.3) is 0 Å². The van der Waals surface area contributed by atoms with Gasteiger partial charge in [-0.05, 0) is 80.0 Å². The first kappa shape index (κ1) is 12.2. The van der Waals surface area contributed by atoms with Gasteiger partial charge in [0.05, 0.1) is 0 Å². The molecule has 0 aromatic heterocycles. The fourth-order valence-corrected chi connectivity index (χ4v) is 3.83. The molecule has 3 N–H and O–H groups in total. The molecule has 18 heavy (non-hydrogen) atoms. The number of fused-ring (bicyclic) bond motifs is 1. The third kappa shape index (κ3) is 1.98. The Morgan fingerprint density at radius 1 is 1.00 bits per heavy atom. The Balaban J connectivity index is 1.88. The number of aryl methyl sites for hydroxylation is 3. The van der Waals surface area contributed by atoms with Gasteiger partial charge in [-0.1, -0.05) is 12.1 Å². The van der Waals surface area contributed by atoms with Crippen molar-refractivity contribution < 1.29 is 0 Å². The minimum atomic E-state index is 0.345. The summed E-state index contributed by atoms with van der Waals surface area (Å²) < 4.78 is 0. The topological polar surface area (TPSA) is 38.0 Å². The van der Waals surface area contributed by atoms with Crippen molar-refractivity contribution in [2.45, 2.75) is 46.1 Å². The van der Waals surface area contributed by atoms with Crippen LogP contribution in [0.15, 0.2) is 12.1 Å². The average molecular weight is 244 g/mol. The average Bonchev–Trinajstić information content (AvgIpc) is 2.94. The molecule has 2 aliphatic carbocycles. The molecule has 1 aromatic rings. The van der Waals surface area contributed by atoms with Crippen LogP contribution in [-0.4, -0.2) is 0 Å². The van der Waals surface area contributed by atoms with E-state index in [2.05, 4.69) is 38.3 Å². The molecule has 3 rings (SSSR count). The molecule has 0 amide bonds. The number of rotatable bonds is 3. The highest BCUT2D eigenvalue weighted by Crippen LogP contribution is 2.57. The van der Waals surface area contributed by atoms with Crippen LogP contribution in [0.25, 0.3) is 0 Å². The van der Waals surface area contributed by atoms with Gasteiger partial charge in [-0.25, -0.2) is 0 Å². The van der Waals surface area contributed by atoms with Gasteiger partial charge in [0.15, 0.2) is 0 Å². The van der Waals surface area contributed by atoms with Crippen LogP contribution in [0.3, 0.4) is 0 Å². The Bertz CT molecular complexity index is 456. The van der Waals surface area contributed by atoms with Crippen LogP contribution < -0.4 is 11.3 Å². The third-order valence-corrected chi connectivity index (χ3v) is 5.15. The number of benzene rings is 1. The SMILES string of the molecule is Cc1cc(C)c(C(NN)C2CC3CC3C2)cc1C. The molecule has 0 heterocycles. The van der Waals surface area contributed by atoms with Gasteiger partial charge in [0.2, 0.25) is 0 Å². The quantitative estimate of drug-likeness (QED) is 0.633. The van der Waals surface area contributed by atoms with Gasteiger partial charge >= 0.3 is 0 Å². The lowest BCUT2D eigenvalue weighted by atomic mass is 9.86. The number of nitrogens with two attached hydrogens (primary N) is 1. The van der Waals surface area contributed by atoms with E-state index >= 15 is 0 Å². The van der Waals surface area contributed by atoms with E-state index < -0.39 is 0 Å². The van der Waals surface area contributed by atoms with Crippen molar-refractivity contribution in [3.8, 4) is 0 Å². The van der Waals surface area contributed by atoms with E-state index in [1.807, 2.05) is 0 Å². The maximum absolute atomic E-state index is 5.85. The largest absolute Gasteiger partial charge is 0.271 e. The molecule has 0 spiro atoms. The molecule has 2 fully saturated rings. The number of hydrogen-bond acceptors (Lipinski definition) is 2. The summed E-state index contributed by atoms with van der Waals surface area (Å²) in [4.78, 5) is 0. The van der Waals surface area contributed by atoms with Crippen LogP contribution in [0.4, 0.5) is 0 Å². The standard InChI is InChI=1S/C16H24N2/c1-9-4-11(3)15(5-10(9)2)16(18-17)14-7-12-6-13(12)8-14/h4-5,12-14,16,18H,6-8,17H2,1-3H3. The summed E-state index contributed by atoms with van der Waals surface area (Å²) in [5.74, 6) is 8.61. The van der Waals surface area contributed by atoms with Crippen molar-refractivity contribution in [1.29, 1.82) is 0 Å². The maximum atomic E-state index is 5.85. The number of hydrazine groups is 1. The molecule has 2 saturated carbocycles. The first-order valence-corrected chi connectivity index (χ1v) is 7.14. The van der Waals surface area contributed by atoms with E-state index in [0.29, 0.717) is 6.04 Å². The summed E-state index contributed by atoms with van der Waals surface area (Å²) in [5.41, 5.74) is 8.62. The molecule has 0 aliphatic heterocycles. The smallest absolute Gasteiger partial charge is 0.0491 e. The summed E-state index contributed by atoms with van der Waals surface area (Å²) >= 11 is 0. The molecule has 0 radical (unpaired) electrons. The van der Waals surface area contributed by atoms with Crippen LogP contribution in [0.5, 0.6) is 0 Å². The number of nitrogens with one attached hydrogen (secondary N) is 1. The van der Waals surface area contributed by atoms with E-state index in [0.717, 1.165) is 17.8 Å². The fourth-order valence-electron chi connectivity index (χ4n) is 3.83. The second-order valence-electron chi connectivity index (χ2n) is 6.42. The lowest BCUT2D eigenvalue weighted by molar-refractivity contribution is 0.344. The van der Waals surface area contributed by atoms with Crippen molar-refractivity contribution in [3.63, 3.8) is 0 Å². The summed E-state index contributed by atoms with van der Waals surface area (Å²) in [7, 11) is 0. The zero-order chi connectivity index (χ0) is 12.9. The van der Waals surface area contributed by atoms with Crippen LogP contribution >= 0.6 is 0 Å². The number of hydrogen-bond donors (Lipinski definition) is 2. The van der Waals surface area contributed by atoms with Crippen molar-refractivity contribution in [1.82, 2.24) is 5.43 Å². The van der Waals surface area contributed by atoms with Crippen molar-refractivity contribution in [2.24, 2.45) is 23.6 Å². The van der Waals surface area contributed by atoms with E-state index in [1.54, 1.807) is 0 Å². The Morgan fingerprint density at radius 2 is 1.61 bits per heavy atom. The minimum Gasteiger partial charge on any atom is -0.271 e. The molecular formula is C16H24N2. The minimum absolute atomic E-state index is 0.345. The lowest BCUT2D eigenvalue weighted by Gasteiger charge is -2.26. The van der Waals surface area contributed by atoms with Crippen molar-refractivity contribution >= 4 is 0 Å².